The molecule has 0 aromatic carbocycles. The van der Waals surface area contributed by atoms with Gasteiger partial charge in [0.05, 0.1) is 10.6 Å². The SMILES string of the molecule is CC(C)(C(=O)N1CCN(C(=O)c2cccs2)CC1)S(=O)(=O)CCCC(F)(F)F. The highest BCUT2D eigenvalue weighted by Crippen LogP contribution is 2.26. The lowest BCUT2D eigenvalue weighted by atomic mass is 10.1. The molecule has 158 valence electrons. The molecule has 0 spiro atoms. The Bertz CT molecular complexity index is 797. The maximum absolute atomic E-state index is 12.8. The first-order valence-electron chi connectivity index (χ1n) is 8.76. The highest BCUT2D eigenvalue weighted by molar-refractivity contribution is 7.93. The lowest BCUT2D eigenvalue weighted by Crippen LogP contribution is -2.57. The van der Waals surface area contributed by atoms with Crippen molar-refractivity contribution >= 4 is 33.0 Å². The molecule has 0 radical (unpaired) electrons. The van der Waals surface area contributed by atoms with E-state index in [9.17, 15) is 31.2 Å². The van der Waals surface area contributed by atoms with Crippen LogP contribution in [0.3, 0.4) is 0 Å². The largest absolute Gasteiger partial charge is 0.389 e. The van der Waals surface area contributed by atoms with Crippen LogP contribution in [0.5, 0.6) is 0 Å². The Balaban J connectivity index is 1.96. The Morgan fingerprint density at radius 2 is 1.68 bits per heavy atom. The second-order valence-electron chi connectivity index (χ2n) is 7.11. The first-order chi connectivity index (χ1) is 12.8. The van der Waals surface area contributed by atoms with Crippen molar-refractivity contribution < 1.29 is 31.2 Å². The van der Waals surface area contributed by atoms with Crippen molar-refractivity contribution in [3.63, 3.8) is 0 Å². The summed E-state index contributed by atoms with van der Waals surface area (Å²) in [5, 5.41) is 1.79. The first kappa shape index (κ1) is 22.7. The molecule has 2 amide bonds. The minimum atomic E-state index is -4.44. The fourth-order valence-electron chi connectivity index (χ4n) is 2.90. The van der Waals surface area contributed by atoms with Crippen LogP contribution in [0.4, 0.5) is 13.2 Å². The number of hydrogen-bond donors (Lipinski definition) is 0. The van der Waals surface area contributed by atoms with Gasteiger partial charge >= 0.3 is 6.18 Å². The molecule has 0 aliphatic carbocycles. The number of sulfone groups is 1. The Morgan fingerprint density at radius 3 is 2.18 bits per heavy atom. The molecule has 11 heteroatoms. The molecule has 0 unspecified atom stereocenters. The summed E-state index contributed by atoms with van der Waals surface area (Å²) in [5.74, 6) is -1.49. The molecule has 1 aliphatic heterocycles. The topological polar surface area (TPSA) is 74.8 Å². The minimum absolute atomic E-state index is 0.138. The Labute approximate surface area is 166 Å². The normalized spacial score (nSPS) is 16.3. The summed E-state index contributed by atoms with van der Waals surface area (Å²) in [6, 6.07) is 3.48. The van der Waals surface area contributed by atoms with E-state index >= 15 is 0 Å². The number of carbonyl (C=O) groups is 2. The summed E-state index contributed by atoms with van der Waals surface area (Å²) in [6.07, 6.45) is -6.22. The number of amides is 2. The Hall–Kier alpha value is -1.62. The highest BCUT2D eigenvalue weighted by Gasteiger charge is 2.44. The van der Waals surface area contributed by atoms with Crippen molar-refractivity contribution in [1.82, 2.24) is 9.80 Å². The van der Waals surface area contributed by atoms with E-state index in [0.717, 1.165) is 0 Å². The second kappa shape index (κ2) is 8.40. The van der Waals surface area contributed by atoms with Gasteiger partial charge in [-0.2, -0.15) is 13.2 Å². The standard InChI is InChI=1S/C17H23F3N2O4S2/c1-16(2,28(25,26)12-4-6-17(18,19)20)15(24)22-9-7-21(8-10-22)14(23)13-5-3-11-27-13/h3,5,11H,4,6-10,12H2,1-2H3. The minimum Gasteiger partial charge on any atom is -0.338 e. The molecule has 0 bridgehead atoms. The van der Waals surface area contributed by atoms with E-state index in [-0.39, 0.29) is 32.1 Å². The smallest absolute Gasteiger partial charge is 0.338 e. The van der Waals surface area contributed by atoms with Gasteiger partial charge in [-0.1, -0.05) is 6.07 Å². The fraction of sp³-hybridized carbons (Fsp3) is 0.647. The van der Waals surface area contributed by atoms with Gasteiger partial charge in [-0.25, -0.2) is 8.42 Å². The molecule has 1 aromatic heterocycles. The van der Waals surface area contributed by atoms with Crippen LogP contribution < -0.4 is 0 Å². The van der Waals surface area contributed by atoms with Gasteiger partial charge in [0.15, 0.2) is 9.84 Å². The average molecular weight is 441 g/mol. The van der Waals surface area contributed by atoms with Crippen molar-refractivity contribution in [3.05, 3.63) is 22.4 Å². The molecule has 1 fully saturated rings. The molecule has 2 heterocycles. The molecular weight excluding hydrogens is 417 g/mol. The zero-order chi connectivity index (χ0) is 21.2. The summed E-state index contributed by atoms with van der Waals surface area (Å²) in [6.45, 7) is 3.34. The number of halogens is 3. The van der Waals surface area contributed by atoms with Crippen LogP contribution in [-0.2, 0) is 14.6 Å². The third kappa shape index (κ3) is 5.25. The van der Waals surface area contributed by atoms with E-state index in [1.165, 1.54) is 30.1 Å². The molecule has 0 saturated carbocycles. The van der Waals surface area contributed by atoms with Crippen LogP contribution in [0, 0.1) is 0 Å². The number of alkyl halides is 3. The van der Waals surface area contributed by atoms with Crippen molar-refractivity contribution in [3.8, 4) is 0 Å². The van der Waals surface area contributed by atoms with Crippen LogP contribution >= 0.6 is 11.3 Å². The van der Waals surface area contributed by atoms with Crippen molar-refractivity contribution in [2.24, 2.45) is 0 Å². The van der Waals surface area contributed by atoms with E-state index < -0.39 is 45.3 Å². The van der Waals surface area contributed by atoms with E-state index in [0.29, 0.717) is 4.88 Å². The molecule has 0 atom stereocenters. The number of nitrogens with zero attached hydrogens (tertiary/aromatic N) is 2. The Kier molecular flexibility index (Phi) is 6.80. The molecule has 2 rings (SSSR count). The number of hydrogen-bond acceptors (Lipinski definition) is 5. The molecular formula is C17H23F3N2O4S2. The van der Waals surface area contributed by atoms with Crippen LogP contribution in [0.1, 0.15) is 36.4 Å². The summed E-state index contributed by atoms with van der Waals surface area (Å²) < 4.78 is 60.0. The number of rotatable bonds is 6. The summed E-state index contributed by atoms with van der Waals surface area (Å²) in [7, 11) is -4.07. The van der Waals surface area contributed by atoms with Gasteiger partial charge in [0.2, 0.25) is 5.91 Å². The van der Waals surface area contributed by atoms with Crippen molar-refractivity contribution in [2.75, 3.05) is 31.9 Å². The van der Waals surface area contributed by atoms with Gasteiger partial charge in [0, 0.05) is 32.6 Å². The van der Waals surface area contributed by atoms with Crippen LogP contribution in [0.25, 0.3) is 0 Å². The van der Waals surface area contributed by atoms with E-state index in [1.54, 1.807) is 22.4 Å². The molecule has 1 aliphatic rings. The lowest BCUT2D eigenvalue weighted by Gasteiger charge is -2.38. The predicted molar refractivity (Wildman–Crippen MR) is 100.0 cm³/mol. The van der Waals surface area contributed by atoms with Gasteiger partial charge in [-0.05, 0) is 31.7 Å². The summed E-state index contributed by atoms with van der Waals surface area (Å²) >= 11 is 1.32. The number of piperazine rings is 1. The third-order valence-electron chi connectivity index (χ3n) is 4.75. The number of thiophene rings is 1. The molecule has 0 N–H and O–H groups in total. The van der Waals surface area contributed by atoms with Gasteiger partial charge in [-0.15, -0.1) is 11.3 Å². The molecule has 6 nitrogen and oxygen atoms in total. The average Bonchev–Trinajstić information content (AvgIpc) is 3.13. The third-order valence-corrected chi connectivity index (χ3v) is 8.17. The van der Waals surface area contributed by atoms with Gasteiger partial charge in [0.25, 0.3) is 5.91 Å². The van der Waals surface area contributed by atoms with Crippen molar-refractivity contribution in [1.29, 1.82) is 0 Å². The first-order valence-corrected chi connectivity index (χ1v) is 11.3. The van der Waals surface area contributed by atoms with Crippen LogP contribution in [0.15, 0.2) is 17.5 Å². The Morgan fingerprint density at radius 1 is 1.11 bits per heavy atom. The molecule has 1 saturated heterocycles. The van der Waals surface area contributed by atoms with Crippen molar-refractivity contribution in [2.45, 2.75) is 37.6 Å². The fourth-order valence-corrected chi connectivity index (χ4v) is 5.02. The monoisotopic (exact) mass is 440 g/mol. The van der Waals surface area contributed by atoms with Crippen LogP contribution in [0.2, 0.25) is 0 Å². The number of carbonyl (C=O) groups excluding carboxylic acids is 2. The van der Waals surface area contributed by atoms with Gasteiger partial charge < -0.3 is 9.80 Å². The van der Waals surface area contributed by atoms with E-state index in [1.807, 2.05) is 0 Å². The maximum Gasteiger partial charge on any atom is 0.389 e. The summed E-state index contributed by atoms with van der Waals surface area (Å²) in [4.78, 5) is 28.6. The zero-order valence-electron chi connectivity index (χ0n) is 15.7. The lowest BCUT2D eigenvalue weighted by molar-refractivity contribution is -0.134. The quantitative estimate of drug-likeness (QED) is 0.682. The molecule has 1 aromatic rings. The van der Waals surface area contributed by atoms with Gasteiger partial charge in [0.1, 0.15) is 4.75 Å². The molecule has 28 heavy (non-hydrogen) atoms. The maximum atomic E-state index is 12.8. The highest BCUT2D eigenvalue weighted by atomic mass is 32.2. The second-order valence-corrected chi connectivity index (χ2v) is 10.7. The van der Waals surface area contributed by atoms with Gasteiger partial charge in [-0.3, -0.25) is 9.59 Å². The summed E-state index contributed by atoms with van der Waals surface area (Å²) in [5.41, 5.74) is 0. The van der Waals surface area contributed by atoms with Crippen LogP contribution in [-0.4, -0.2) is 72.9 Å². The van der Waals surface area contributed by atoms with E-state index in [4.69, 9.17) is 0 Å². The predicted octanol–water partition coefficient (Wildman–Crippen LogP) is 2.57. The zero-order valence-corrected chi connectivity index (χ0v) is 17.3. The van der Waals surface area contributed by atoms with E-state index in [2.05, 4.69) is 0 Å².